The van der Waals surface area contributed by atoms with Crippen LogP contribution < -0.4 is 10.4 Å². The third-order valence-corrected chi connectivity index (χ3v) is 9.41. The van der Waals surface area contributed by atoms with Crippen molar-refractivity contribution < 1.29 is 14.2 Å². The Morgan fingerprint density at radius 1 is 1.09 bits per heavy atom. The number of phenols is 1. The molecule has 3 N–H and O–H groups in total. The Bertz CT molecular complexity index is 1250. The maximum absolute atomic E-state index is 13.9. The third-order valence-electron chi connectivity index (χ3n) is 5.31. The van der Waals surface area contributed by atoms with E-state index in [0.29, 0.717) is 19.7 Å². The summed E-state index contributed by atoms with van der Waals surface area (Å²) < 4.78 is 19.8. The van der Waals surface area contributed by atoms with Gasteiger partial charge in [-0.1, -0.05) is 25.1 Å². The number of pyridine rings is 1. The van der Waals surface area contributed by atoms with Crippen molar-refractivity contribution in [2.45, 2.75) is 19.5 Å². The second kappa shape index (κ2) is 10.5. The number of aromatic nitrogens is 1. The molecule has 0 radical (unpaired) electrons. The zero-order chi connectivity index (χ0) is 23.3. The van der Waals surface area contributed by atoms with E-state index in [1.54, 1.807) is 29.7 Å². The van der Waals surface area contributed by atoms with Crippen molar-refractivity contribution >= 4 is 35.4 Å². The number of para-hydroxylation sites is 1. The van der Waals surface area contributed by atoms with Crippen LogP contribution in [-0.2, 0) is 9.09 Å². The van der Waals surface area contributed by atoms with Crippen LogP contribution in [0.5, 0.6) is 5.75 Å². The highest BCUT2D eigenvalue weighted by Gasteiger charge is 2.36. The fourth-order valence-electron chi connectivity index (χ4n) is 3.74. The first-order valence-electron chi connectivity index (χ1n) is 11.0. The van der Waals surface area contributed by atoms with Gasteiger partial charge in [-0.05, 0) is 61.0 Å². The minimum atomic E-state index is -3.18. The molecule has 0 bridgehead atoms. The first-order valence-corrected chi connectivity index (χ1v) is 13.5. The molecule has 0 amide bonds. The number of thiophene rings is 1. The fraction of sp³-hybridized carbons (Fsp3) is 0.240. The summed E-state index contributed by atoms with van der Waals surface area (Å²) in [4.78, 5) is 6.53. The van der Waals surface area contributed by atoms with Crippen LogP contribution in [0.1, 0.15) is 24.4 Å². The van der Waals surface area contributed by atoms with Crippen molar-refractivity contribution in [3.63, 3.8) is 0 Å². The van der Waals surface area contributed by atoms with Crippen molar-refractivity contribution in [1.29, 1.82) is 0 Å². The predicted octanol–water partition coefficient (Wildman–Crippen LogP) is 6.66. The number of phenolic OH excluding ortho intramolecular Hbond substituents is 1. The van der Waals surface area contributed by atoms with E-state index in [-0.39, 0.29) is 11.4 Å². The molecule has 0 saturated carbocycles. The number of benzene rings is 2. The van der Waals surface area contributed by atoms with Gasteiger partial charge in [0, 0.05) is 28.2 Å². The lowest BCUT2D eigenvalue weighted by molar-refractivity contribution is 0.318. The van der Waals surface area contributed by atoms with Gasteiger partial charge >= 0.3 is 0 Å². The largest absolute Gasteiger partial charge is 0.508 e. The second-order valence-electron chi connectivity index (χ2n) is 7.59. The highest BCUT2D eigenvalue weighted by atomic mass is 32.1. The molecule has 0 spiro atoms. The van der Waals surface area contributed by atoms with E-state index >= 15 is 0 Å². The number of hydrogen-bond donors (Lipinski definition) is 3. The van der Waals surface area contributed by atoms with E-state index < -0.39 is 7.52 Å². The monoisotopic (exact) mass is 481 g/mol. The minimum absolute atomic E-state index is 0.231. The number of rotatable bonds is 10. The Kier molecular flexibility index (Phi) is 7.46. The molecule has 33 heavy (non-hydrogen) atoms. The van der Waals surface area contributed by atoms with Gasteiger partial charge in [0.15, 0.2) is 0 Å². The van der Waals surface area contributed by atoms with Gasteiger partial charge in [-0.3, -0.25) is 9.55 Å². The Hall–Kier alpha value is -2.70. The van der Waals surface area contributed by atoms with Crippen LogP contribution >= 0.6 is 18.9 Å². The lowest BCUT2D eigenvalue weighted by Crippen LogP contribution is -2.22. The number of aromatic hydroxyl groups is 1. The van der Waals surface area contributed by atoms with Gasteiger partial charge in [-0.15, -0.1) is 11.3 Å². The molecule has 2 heterocycles. The third kappa shape index (κ3) is 5.45. The molecule has 0 aliphatic heterocycles. The molecular weight excluding hydrogens is 453 g/mol. The van der Waals surface area contributed by atoms with Crippen LogP contribution in [0.25, 0.3) is 21.3 Å². The molecule has 2 aromatic heterocycles. The summed E-state index contributed by atoms with van der Waals surface area (Å²) in [6.07, 6.45) is 1.80. The maximum atomic E-state index is 13.9. The zero-order valence-corrected chi connectivity index (χ0v) is 20.4. The molecule has 2 aromatic carbocycles. The summed E-state index contributed by atoms with van der Waals surface area (Å²) in [7, 11) is -3.18. The molecule has 172 valence electrons. The van der Waals surface area contributed by atoms with Crippen LogP contribution in [0.3, 0.4) is 0 Å². The number of nitrogens with zero attached hydrogens (tertiary/aromatic N) is 1. The molecule has 4 aromatic rings. The van der Waals surface area contributed by atoms with Gasteiger partial charge in [0.05, 0.1) is 24.0 Å². The number of hydrogen-bond acceptors (Lipinski definition) is 6. The van der Waals surface area contributed by atoms with Crippen molar-refractivity contribution in [1.82, 2.24) is 10.1 Å². The predicted molar refractivity (Wildman–Crippen MR) is 137 cm³/mol. The van der Waals surface area contributed by atoms with E-state index in [4.69, 9.17) is 4.52 Å². The Labute approximate surface area is 198 Å². The summed E-state index contributed by atoms with van der Waals surface area (Å²) in [6, 6.07) is 21.2. The standard InChI is InChI=1S/C25H28N3O3PS/c1-3-28-32(30,31-4-2)23(17-26-20-15-19-7-5-6-8-22(19)27-16-20)25-14-13-24(33-25)18-9-11-21(29)12-10-18/h5-16,23,26,29H,3-4,17H2,1-2H3,(H,28,30). The molecule has 0 fully saturated rings. The van der Waals surface area contributed by atoms with Crippen molar-refractivity contribution in [2.24, 2.45) is 0 Å². The van der Waals surface area contributed by atoms with Gasteiger partial charge in [-0.2, -0.15) is 0 Å². The molecule has 2 unspecified atom stereocenters. The van der Waals surface area contributed by atoms with Gasteiger partial charge in [-0.25, -0.2) is 5.09 Å². The van der Waals surface area contributed by atoms with E-state index in [0.717, 1.165) is 31.9 Å². The highest BCUT2D eigenvalue weighted by Crippen LogP contribution is 2.58. The normalized spacial score (nSPS) is 14.1. The van der Waals surface area contributed by atoms with E-state index in [1.165, 1.54) is 0 Å². The topological polar surface area (TPSA) is 83.5 Å². The fourth-order valence-corrected chi connectivity index (χ4v) is 7.38. The Morgan fingerprint density at radius 2 is 1.88 bits per heavy atom. The Balaban J connectivity index is 1.64. The molecule has 8 heteroatoms. The molecule has 2 atom stereocenters. The Morgan fingerprint density at radius 3 is 2.64 bits per heavy atom. The van der Waals surface area contributed by atoms with Gasteiger partial charge in [0.2, 0.25) is 0 Å². The SMILES string of the molecule is CCNP(=O)(OCC)C(CNc1cnc2ccccc2c1)c1ccc(-c2ccc(O)cc2)s1. The minimum Gasteiger partial charge on any atom is -0.508 e. The van der Waals surface area contributed by atoms with Crippen LogP contribution in [-0.4, -0.2) is 29.8 Å². The summed E-state index contributed by atoms with van der Waals surface area (Å²) >= 11 is 1.59. The van der Waals surface area contributed by atoms with Crippen molar-refractivity contribution in [2.75, 3.05) is 25.0 Å². The molecular formula is C25H28N3O3PS. The summed E-state index contributed by atoms with van der Waals surface area (Å²) in [6.45, 7) is 5.12. The maximum Gasteiger partial charge on any atom is 0.279 e. The molecule has 0 aliphatic rings. The molecule has 0 aliphatic carbocycles. The van der Waals surface area contributed by atoms with Crippen LogP contribution in [0.2, 0.25) is 0 Å². The lowest BCUT2D eigenvalue weighted by Gasteiger charge is -2.27. The second-order valence-corrected chi connectivity index (χ2v) is 11.1. The van der Waals surface area contributed by atoms with E-state index in [9.17, 15) is 9.67 Å². The number of fused-ring (bicyclic) bond motifs is 1. The average molecular weight is 482 g/mol. The molecule has 4 rings (SSSR count). The van der Waals surface area contributed by atoms with Crippen molar-refractivity contribution in [3.8, 4) is 16.2 Å². The first-order chi connectivity index (χ1) is 16.0. The van der Waals surface area contributed by atoms with E-state index in [1.807, 2.05) is 62.4 Å². The summed E-state index contributed by atoms with van der Waals surface area (Å²) in [5.41, 5.74) is 2.43. The number of nitrogens with one attached hydrogen (secondary N) is 2. The average Bonchev–Trinajstić information content (AvgIpc) is 3.29. The molecule has 0 saturated heterocycles. The lowest BCUT2D eigenvalue weighted by atomic mass is 10.2. The van der Waals surface area contributed by atoms with Gasteiger partial charge < -0.3 is 14.9 Å². The zero-order valence-electron chi connectivity index (χ0n) is 18.7. The van der Waals surface area contributed by atoms with Crippen LogP contribution in [0.4, 0.5) is 5.69 Å². The summed E-state index contributed by atoms with van der Waals surface area (Å²) in [5, 5.41) is 17.2. The quantitative estimate of drug-likeness (QED) is 0.220. The smallest absolute Gasteiger partial charge is 0.279 e. The van der Waals surface area contributed by atoms with Crippen LogP contribution in [0.15, 0.2) is 72.9 Å². The summed E-state index contributed by atoms with van der Waals surface area (Å²) in [5.74, 6) is 0.231. The molecule has 6 nitrogen and oxygen atoms in total. The van der Waals surface area contributed by atoms with Crippen molar-refractivity contribution in [3.05, 3.63) is 77.8 Å². The van der Waals surface area contributed by atoms with Gasteiger partial charge in [0.1, 0.15) is 11.4 Å². The van der Waals surface area contributed by atoms with E-state index in [2.05, 4.69) is 21.5 Å². The van der Waals surface area contributed by atoms with Crippen LogP contribution in [0, 0.1) is 0 Å². The highest BCUT2D eigenvalue weighted by molar-refractivity contribution is 7.57. The van der Waals surface area contributed by atoms with Gasteiger partial charge in [0.25, 0.3) is 7.52 Å². The number of anilines is 1. The first kappa shape index (κ1) is 23.5.